The number of nitrogens with one attached hydrogen (secondary N) is 1. The van der Waals surface area contributed by atoms with Crippen LogP contribution in [0.5, 0.6) is 0 Å². The number of carboxylic acid groups (broad SMARTS) is 1. The Labute approximate surface area is 82.7 Å². The molecule has 4 nitrogen and oxygen atoms in total. The summed E-state index contributed by atoms with van der Waals surface area (Å²) in [5, 5.41) is 11.9. The molecule has 2 aliphatic heterocycles. The van der Waals surface area contributed by atoms with Gasteiger partial charge in [-0.25, -0.2) is 0 Å². The second-order valence-electron chi connectivity index (χ2n) is 4.34. The summed E-state index contributed by atoms with van der Waals surface area (Å²) >= 11 is 0. The summed E-state index contributed by atoms with van der Waals surface area (Å²) in [7, 11) is 0. The fourth-order valence-electron chi connectivity index (χ4n) is 2.52. The highest BCUT2D eigenvalue weighted by atomic mass is 16.4. The molecule has 2 aliphatic rings. The molecule has 78 valence electrons. The Kier molecular flexibility index (Phi) is 2.44. The second-order valence-corrected chi connectivity index (χ2v) is 4.34. The minimum Gasteiger partial charge on any atom is -0.481 e. The Hall–Kier alpha value is -1.06. The molecule has 2 rings (SSSR count). The van der Waals surface area contributed by atoms with Crippen molar-refractivity contribution in [2.24, 2.45) is 11.8 Å². The quantitative estimate of drug-likeness (QED) is 0.652. The first-order chi connectivity index (χ1) is 6.66. The van der Waals surface area contributed by atoms with Crippen molar-refractivity contribution in [3.8, 4) is 0 Å². The highest BCUT2D eigenvalue weighted by molar-refractivity contribution is 5.81. The Morgan fingerprint density at radius 1 is 1.36 bits per heavy atom. The van der Waals surface area contributed by atoms with Gasteiger partial charge in [-0.3, -0.25) is 9.59 Å². The van der Waals surface area contributed by atoms with Crippen LogP contribution in [0.15, 0.2) is 0 Å². The van der Waals surface area contributed by atoms with Gasteiger partial charge in [-0.2, -0.15) is 0 Å². The van der Waals surface area contributed by atoms with Crippen LogP contribution in [0.3, 0.4) is 0 Å². The molecule has 0 aliphatic carbocycles. The Balaban J connectivity index is 2.17. The molecular weight excluding hydrogens is 182 g/mol. The minimum atomic E-state index is -0.751. The Bertz CT molecular complexity index is 264. The minimum absolute atomic E-state index is 0.0660. The van der Waals surface area contributed by atoms with E-state index < -0.39 is 5.97 Å². The zero-order chi connectivity index (χ0) is 10.1. The van der Waals surface area contributed by atoms with Gasteiger partial charge in [0.15, 0.2) is 0 Å². The van der Waals surface area contributed by atoms with Crippen molar-refractivity contribution in [2.45, 2.75) is 38.1 Å². The van der Waals surface area contributed by atoms with E-state index in [0.29, 0.717) is 12.8 Å². The molecule has 2 heterocycles. The fraction of sp³-hybridized carbons (Fsp3) is 0.800. The van der Waals surface area contributed by atoms with E-state index in [4.69, 9.17) is 5.11 Å². The number of carbonyl (C=O) groups excluding carboxylic acids is 1. The Morgan fingerprint density at radius 2 is 2.14 bits per heavy atom. The second kappa shape index (κ2) is 3.59. The summed E-state index contributed by atoms with van der Waals surface area (Å²) in [4.78, 5) is 22.5. The molecule has 0 aromatic carbocycles. The number of aliphatic carboxylic acids is 1. The molecule has 0 unspecified atom stereocenters. The Morgan fingerprint density at radius 3 is 2.86 bits per heavy atom. The van der Waals surface area contributed by atoms with Crippen LogP contribution in [-0.2, 0) is 9.59 Å². The summed E-state index contributed by atoms with van der Waals surface area (Å²) in [5.74, 6) is -1.08. The van der Waals surface area contributed by atoms with Crippen LogP contribution in [0.1, 0.15) is 32.1 Å². The average molecular weight is 197 g/mol. The maximum absolute atomic E-state index is 11.6. The van der Waals surface area contributed by atoms with E-state index in [-0.39, 0.29) is 23.8 Å². The molecule has 4 heteroatoms. The molecule has 2 fully saturated rings. The lowest BCUT2D eigenvalue weighted by molar-refractivity contribution is -0.142. The summed E-state index contributed by atoms with van der Waals surface area (Å²) in [6.45, 7) is 0. The number of carbonyl (C=O) groups is 2. The molecule has 0 saturated carbocycles. The van der Waals surface area contributed by atoms with Gasteiger partial charge in [0.05, 0.1) is 5.92 Å². The van der Waals surface area contributed by atoms with Crippen LogP contribution in [0.4, 0.5) is 0 Å². The molecule has 0 radical (unpaired) electrons. The van der Waals surface area contributed by atoms with Crippen LogP contribution in [0, 0.1) is 11.8 Å². The third kappa shape index (κ3) is 1.74. The SMILES string of the molecule is O=C(O)[C@@H]1C[C@H]2CCC[C@H](C1)C(=O)N2. The van der Waals surface area contributed by atoms with Gasteiger partial charge in [-0.05, 0) is 25.7 Å². The van der Waals surface area contributed by atoms with Crippen LogP contribution in [0.2, 0.25) is 0 Å². The zero-order valence-electron chi connectivity index (χ0n) is 8.03. The molecule has 2 bridgehead atoms. The van der Waals surface area contributed by atoms with Gasteiger partial charge in [0.2, 0.25) is 5.91 Å². The topological polar surface area (TPSA) is 66.4 Å². The highest BCUT2D eigenvalue weighted by Crippen LogP contribution is 2.31. The maximum Gasteiger partial charge on any atom is 0.306 e. The van der Waals surface area contributed by atoms with Gasteiger partial charge in [-0.15, -0.1) is 0 Å². The molecule has 2 saturated heterocycles. The van der Waals surface area contributed by atoms with Crippen molar-refractivity contribution < 1.29 is 14.7 Å². The first-order valence-electron chi connectivity index (χ1n) is 5.20. The van der Waals surface area contributed by atoms with Crippen LogP contribution in [-0.4, -0.2) is 23.0 Å². The van der Waals surface area contributed by atoms with Crippen molar-refractivity contribution in [3.05, 3.63) is 0 Å². The van der Waals surface area contributed by atoms with Crippen LogP contribution >= 0.6 is 0 Å². The summed E-state index contributed by atoms with van der Waals surface area (Å²) in [5.41, 5.74) is 0. The zero-order valence-corrected chi connectivity index (χ0v) is 8.03. The summed E-state index contributed by atoms with van der Waals surface area (Å²) in [6.07, 6.45) is 3.97. The van der Waals surface area contributed by atoms with E-state index in [1.54, 1.807) is 0 Å². The smallest absolute Gasteiger partial charge is 0.306 e. The van der Waals surface area contributed by atoms with Gasteiger partial charge in [0.1, 0.15) is 0 Å². The molecule has 1 amide bonds. The number of carboxylic acids is 1. The van der Waals surface area contributed by atoms with E-state index in [2.05, 4.69) is 5.32 Å². The standard InChI is InChI=1S/C10H15NO3/c12-9-6-2-1-3-8(11-9)5-7(4-6)10(13)14/h6-8H,1-5H2,(H,11,12)(H,13,14)/t6-,7+,8-/m1/s1. The van der Waals surface area contributed by atoms with Gasteiger partial charge < -0.3 is 10.4 Å². The third-order valence-corrected chi connectivity index (χ3v) is 3.31. The summed E-state index contributed by atoms with van der Waals surface area (Å²) < 4.78 is 0. The first-order valence-corrected chi connectivity index (χ1v) is 5.20. The van der Waals surface area contributed by atoms with Crippen molar-refractivity contribution in [1.82, 2.24) is 5.32 Å². The lowest BCUT2D eigenvalue weighted by Crippen LogP contribution is -2.34. The molecule has 0 aromatic heterocycles. The van der Waals surface area contributed by atoms with E-state index in [0.717, 1.165) is 19.3 Å². The lowest BCUT2D eigenvalue weighted by Gasteiger charge is -2.19. The van der Waals surface area contributed by atoms with Crippen molar-refractivity contribution in [3.63, 3.8) is 0 Å². The van der Waals surface area contributed by atoms with Crippen LogP contribution in [0.25, 0.3) is 0 Å². The van der Waals surface area contributed by atoms with Crippen molar-refractivity contribution >= 4 is 11.9 Å². The number of hydrogen-bond donors (Lipinski definition) is 2. The van der Waals surface area contributed by atoms with Gasteiger partial charge >= 0.3 is 5.97 Å². The largest absolute Gasteiger partial charge is 0.481 e. The van der Waals surface area contributed by atoms with Crippen molar-refractivity contribution in [2.75, 3.05) is 0 Å². The lowest BCUT2D eigenvalue weighted by atomic mass is 9.85. The monoisotopic (exact) mass is 197 g/mol. The average Bonchev–Trinajstić information content (AvgIpc) is 2.31. The number of rotatable bonds is 1. The maximum atomic E-state index is 11.6. The molecule has 3 atom stereocenters. The normalized spacial score (nSPS) is 37.1. The van der Waals surface area contributed by atoms with Crippen LogP contribution < -0.4 is 5.32 Å². The molecule has 14 heavy (non-hydrogen) atoms. The molecule has 2 N–H and O–H groups in total. The van der Waals surface area contributed by atoms with E-state index in [1.807, 2.05) is 0 Å². The fourth-order valence-corrected chi connectivity index (χ4v) is 2.52. The predicted octanol–water partition coefficient (Wildman–Crippen LogP) is 0.766. The number of hydrogen-bond acceptors (Lipinski definition) is 2. The first kappa shape index (κ1) is 9.49. The summed E-state index contributed by atoms with van der Waals surface area (Å²) in [6, 6.07) is 0.0936. The number of fused-ring (bicyclic) bond motifs is 3. The van der Waals surface area contributed by atoms with Gasteiger partial charge in [0, 0.05) is 12.0 Å². The van der Waals surface area contributed by atoms with E-state index in [1.165, 1.54) is 0 Å². The molecule has 0 aromatic rings. The third-order valence-electron chi connectivity index (χ3n) is 3.31. The number of amides is 1. The van der Waals surface area contributed by atoms with Gasteiger partial charge in [0.25, 0.3) is 0 Å². The van der Waals surface area contributed by atoms with E-state index in [9.17, 15) is 9.59 Å². The molecular formula is C10H15NO3. The highest BCUT2D eigenvalue weighted by Gasteiger charge is 2.36. The molecule has 0 spiro atoms. The van der Waals surface area contributed by atoms with Crippen molar-refractivity contribution in [1.29, 1.82) is 0 Å². The van der Waals surface area contributed by atoms with Gasteiger partial charge in [-0.1, -0.05) is 6.42 Å². The predicted molar refractivity (Wildman–Crippen MR) is 49.6 cm³/mol. The van der Waals surface area contributed by atoms with E-state index >= 15 is 0 Å².